The van der Waals surface area contributed by atoms with Crippen molar-refractivity contribution in [2.24, 2.45) is 16.7 Å². The van der Waals surface area contributed by atoms with Gasteiger partial charge in [0.05, 0.1) is 18.3 Å². The normalized spacial score (nSPS) is 39.0. The number of nitrogens with zero attached hydrogens (tertiary/aromatic N) is 1. The molecule has 3 rings (SSSR count). The van der Waals surface area contributed by atoms with Crippen LogP contribution in [0.3, 0.4) is 0 Å². The van der Waals surface area contributed by atoms with E-state index >= 15 is 0 Å². The van der Waals surface area contributed by atoms with E-state index in [1.807, 2.05) is 0 Å². The third kappa shape index (κ3) is 3.72. The Labute approximate surface area is 166 Å². The molecule has 1 heterocycles. The molecule has 1 saturated heterocycles. The molecule has 0 unspecified atom stereocenters. The number of aliphatic hydroxyl groups is 2. The third-order valence-electron chi connectivity index (χ3n) is 8.81. The van der Waals surface area contributed by atoms with E-state index in [0.29, 0.717) is 31.1 Å². The first-order valence-electron chi connectivity index (χ1n) is 11.0. The van der Waals surface area contributed by atoms with Crippen LogP contribution in [0.15, 0.2) is 0 Å². The molecule has 2 saturated carbocycles. The quantitative estimate of drug-likeness (QED) is 0.731. The second-order valence-electron chi connectivity index (χ2n) is 11.7. The Kier molecular flexibility index (Phi) is 5.56. The van der Waals surface area contributed by atoms with Crippen molar-refractivity contribution in [1.29, 1.82) is 0 Å². The largest absolute Gasteiger partial charge is 0.393 e. The highest BCUT2D eigenvalue weighted by atomic mass is 16.5. The van der Waals surface area contributed by atoms with Crippen molar-refractivity contribution in [3.63, 3.8) is 0 Å². The van der Waals surface area contributed by atoms with Gasteiger partial charge in [-0.05, 0) is 83.0 Å². The fourth-order valence-corrected chi connectivity index (χ4v) is 6.79. The molecular weight excluding hydrogens is 338 g/mol. The molecule has 3 fully saturated rings. The maximum atomic E-state index is 10.7. The highest BCUT2D eigenvalue weighted by Gasteiger charge is 2.61. The van der Waals surface area contributed by atoms with E-state index in [-0.39, 0.29) is 22.6 Å². The summed E-state index contributed by atoms with van der Waals surface area (Å²) < 4.78 is 6.34. The van der Waals surface area contributed by atoms with Crippen molar-refractivity contribution < 1.29 is 14.9 Å². The van der Waals surface area contributed by atoms with Crippen molar-refractivity contribution in [2.75, 3.05) is 13.2 Å². The van der Waals surface area contributed by atoms with Gasteiger partial charge < -0.3 is 14.9 Å². The van der Waals surface area contributed by atoms with E-state index < -0.39 is 6.10 Å². The van der Waals surface area contributed by atoms with Crippen molar-refractivity contribution in [3.05, 3.63) is 0 Å². The Morgan fingerprint density at radius 3 is 2.11 bits per heavy atom. The number of β-amino-alcohol motifs (C(OH)–C–C–N with tert-alkyl or cyclic N) is 1. The van der Waals surface area contributed by atoms with Crippen LogP contribution in [0.4, 0.5) is 0 Å². The smallest absolute Gasteiger partial charge is 0.0689 e. The minimum Gasteiger partial charge on any atom is -0.393 e. The SMILES string of the molecule is CC1(C)CC(O)CC(C)(C)N1C[C@H](O)CCO[C@H]1C[C@@H]2CC[C@]1(C)C2(C)C. The van der Waals surface area contributed by atoms with Crippen LogP contribution in [0.2, 0.25) is 0 Å². The summed E-state index contributed by atoms with van der Waals surface area (Å²) in [5.41, 5.74) is 0.449. The standard InChI is InChI=1S/C23H43NO3/c1-20(2)13-18(26)14-21(3,4)24(20)15-17(25)9-11-27-19-12-16-8-10-23(19,7)22(16,5)6/h16-19,25-26H,8-15H2,1-7H3/t16-,17+,19-,23-/m0/s1. The molecule has 3 aliphatic rings. The van der Waals surface area contributed by atoms with E-state index in [0.717, 1.165) is 18.8 Å². The zero-order valence-corrected chi connectivity index (χ0v) is 18.7. The first kappa shape index (κ1) is 21.5. The topological polar surface area (TPSA) is 52.9 Å². The molecule has 4 nitrogen and oxygen atoms in total. The molecule has 27 heavy (non-hydrogen) atoms. The summed E-state index contributed by atoms with van der Waals surface area (Å²) in [6, 6.07) is 0. The summed E-state index contributed by atoms with van der Waals surface area (Å²) in [5, 5.41) is 20.9. The molecule has 158 valence electrons. The Hall–Kier alpha value is -0.160. The van der Waals surface area contributed by atoms with Crippen LogP contribution in [0, 0.1) is 16.7 Å². The molecule has 4 heteroatoms. The second-order valence-corrected chi connectivity index (χ2v) is 11.7. The van der Waals surface area contributed by atoms with E-state index in [1.165, 1.54) is 19.3 Å². The molecule has 1 aliphatic heterocycles. The minimum atomic E-state index is -0.391. The van der Waals surface area contributed by atoms with Crippen LogP contribution >= 0.6 is 0 Å². The van der Waals surface area contributed by atoms with Gasteiger partial charge >= 0.3 is 0 Å². The molecule has 0 spiro atoms. The number of rotatable bonds is 6. The van der Waals surface area contributed by atoms with Crippen LogP contribution in [0.5, 0.6) is 0 Å². The van der Waals surface area contributed by atoms with Crippen molar-refractivity contribution in [1.82, 2.24) is 4.90 Å². The molecule has 0 aromatic heterocycles. The predicted octanol–water partition coefficient (Wildman–Crippen LogP) is 3.98. The highest BCUT2D eigenvalue weighted by Crippen LogP contribution is 2.66. The maximum absolute atomic E-state index is 10.7. The van der Waals surface area contributed by atoms with Crippen LogP contribution in [-0.2, 0) is 4.74 Å². The number of ether oxygens (including phenoxy) is 1. The van der Waals surface area contributed by atoms with Gasteiger partial charge in [0.1, 0.15) is 0 Å². The first-order valence-corrected chi connectivity index (χ1v) is 11.0. The fourth-order valence-electron chi connectivity index (χ4n) is 6.79. The molecule has 0 amide bonds. The first-order chi connectivity index (χ1) is 12.3. The molecule has 2 bridgehead atoms. The summed E-state index contributed by atoms with van der Waals surface area (Å²) in [5.74, 6) is 0.791. The summed E-state index contributed by atoms with van der Waals surface area (Å²) in [4.78, 5) is 2.39. The molecule has 0 radical (unpaired) electrons. The van der Waals surface area contributed by atoms with E-state index in [2.05, 4.69) is 53.4 Å². The van der Waals surface area contributed by atoms with Gasteiger partial charge in [-0.2, -0.15) is 0 Å². The third-order valence-corrected chi connectivity index (χ3v) is 8.81. The number of hydrogen-bond donors (Lipinski definition) is 2. The number of hydrogen-bond acceptors (Lipinski definition) is 4. The zero-order chi connectivity index (χ0) is 20.3. The van der Waals surface area contributed by atoms with Crippen molar-refractivity contribution >= 4 is 0 Å². The van der Waals surface area contributed by atoms with Crippen molar-refractivity contribution in [2.45, 2.75) is 116 Å². The van der Waals surface area contributed by atoms with Gasteiger partial charge in [-0.25, -0.2) is 0 Å². The molecular formula is C23H43NO3. The fraction of sp³-hybridized carbons (Fsp3) is 1.00. The summed E-state index contributed by atoms with van der Waals surface area (Å²) in [7, 11) is 0. The van der Waals surface area contributed by atoms with Gasteiger partial charge in [0.25, 0.3) is 0 Å². The summed E-state index contributed by atoms with van der Waals surface area (Å²) in [6.45, 7) is 17.2. The molecule has 2 N–H and O–H groups in total. The molecule has 0 aromatic rings. The number of aliphatic hydroxyl groups excluding tert-OH is 2. The van der Waals surface area contributed by atoms with Gasteiger partial charge in [0.15, 0.2) is 0 Å². The van der Waals surface area contributed by atoms with E-state index in [1.54, 1.807) is 0 Å². The van der Waals surface area contributed by atoms with Crippen molar-refractivity contribution in [3.8, 4) is 0 Å². The van der Waals surface area contributed by atoms with Gasteiger partial charge in [0.2, 0.25) is 0 Å². The number of fused-ring (bicyclic) bond motifs is 2. The van der Waals surface area contributed by atoms with E-state index in [4.69, 9.17) is 4.74 Å². The van der Waals surface area contributed by atoms with Gasteiger partial charge in [-0.1, -0.05) is 20.8 Å². The number of piperidine rings is 1. The monoisotopic (exact) mass is 381 g/mol. The Morgan fingerprint density at radius 2 is 1.63 bits per heavy atom. The average molecular weight is 382 g/mol. The van der Waals surface area contributed by atoms with Crippen LogP contribution in [0.1, 0.15) is 87.0 Å². The Morgan fingerprint density at radius 1 is 1.04 bits per heavy atom. The lowest BCUT2D eigenvalue weighted by atomic mass is 9.70. The van der Waals surface area contributed by atoms with Crippen LogP contribution < -0.4 is 0 Å². The zero-order valence-electron chi connectivity index (χ0n) is 18.7. The lowest BCUT2D eigenvalue weighted by molar-refractivity contribution is -0.103. The number of likely N-dealkylation sites (tertiary alicyclic amines) is 1. The summed E-state index contributed by atoms with van der Waals surface area (Å²) >= 11 is 0. The van der Waals surface area contributed by atoms with E-state index in [9.17, 15) is 10.2 Å². The summed E-state index contributed by atoms with van der Waals surface area (Å²) in [6.07, 6.45) is 5.70. The molecule has 0 aromatic carbocycles. The van der Waals surface area contributed by atoms with Gasteiger partial charge in [-0.15, -0.1) is 0 Å². The lowest BCUT2D eigenvalue weighted by Gasteiger charge is -2.55. The molecule has 2 aliphatic carbocycles. The Balaban J connectivity index is 1.51. The van der Waals surface area contributed by atoms with Crippen LogP contribution in [-0.4, -0.2) is 57.7 Å². The minimum absolute atomic E-state index is 0.106. The van der Waals surface area contributed by atoms with Gasteiger partial charge in [0, 0.05) is 24.2 Å². The predicted molar refractivity (Wildman–Crippen MR) is 110 cm³/mol. The second kappa shape index (κ2) is 6.97. The maximum Gasteiger partial charge on any atom is 0.0689 e. The average Bonchev–Trinajstić information content (AvgIpc) is 2.83. The van der Waals surface area contributed by atoms with Crippen LogP contribution in [0.25, 0.3) is 0 Å². The Bertz CT molecular complexity index is 526. The highest BCUT2D eigenvalue weighted by molar-refractivity contribution is 5.11. The molecule has 4 atom stereocenters. The van der Waals surface area contributed by atoms with Gasteiger partial charge in [-0.3, -0.25) is 4.90 Å². The lowest BCUT2D eigenvalue weighted by Crippen LogP contribution is -2.63.